The van der Waals surface area contributed by atoms with Crippen LogP contribution in [-0.4, -0.2) is 19.2 Å². The van der Waals surface area contributed by atoms with Gasteiger partial charge >= 0.3 is 12.4 Å². The van der Waals surface area contributed by atoms with Gasteiger partial charge in [0.1, 0.15) is 0 Å². The molecule has 3 rings (SSSR count). The largest absolute Gasteiger partial charge is 0.416 e. The molecule has 1 aliphatic rings. The molecule has 2 atom stereocenters. The molecule has 30 heavy (non-hydrogen) atoms. The standard InChI is InChI=1S/C20H17Cl2F6NO/c21-16-2-1-12(7-17(16)22)15-9-29-4-3-18(15)30-10-11-5-13(19(23,24)25)8-14(6-11)20(26,27)28/h1-2,5-8,15,18,29H,3-4,9-10H2. The molecule has 0 aromatic heterocycles. The van der Waals surface area contributed by atoms with Gasteiger partial charge in [-0.3, -0.25) is 0 Å². The van der Waals surface area contributed by atoms with E-state index in [4.69, 9.17) is 27.9 Å². The maximum absolute atomic E-state index is 13.0. The van der Waals surface area contributed by atoms with Crippen molar-refractivity contribution in [1.82, 2.24) is 5.32 Å². The summed E-state index contributed by atoms with van der Waals surface area (Å²) in [6.07, 6.45) is -9.66. The molecule has 0 amide bonds. The molecule has 2 aromatic carbocycles. The zero-order chi connectivity index (χ0) is 22.1. The van der Waals surface area contributed by atoms with Gasteiger partial charge in [0.15, 0.2) is 0 Å². The molecule has 0 aliphatic carbocycles. The van der Waals surface area contributed by atoms with E-state index in [1.807, 2.05) is 0 Å². The van der Waals surface area contributed by atoms with Crippen LogP contribution in [0.1, 0.15) is 34.6 Å². The lowest BCUT2D eigenvalue weighted by Crippen LogP contribution is -2.39. The van der Waals surface area contributed by atoms with Crippen molar-refractivity contribution in [2.75, 3.05) is 13.1 Å². The molecule has 2 nitrogen and oxygen atoms in total. The number of ether oxygens (including phenoxy) is 1. The fraction of sp³-hybridized carbons (Fsp3) is 0.400. The summed E-state index contributed by atoms with van der Waals surface area (Å²) in [5.41, 5.74) is -2.09. The molecule has 1 N–H and O–H groups in total. The average Bonchev–Trinajstić information content (AvgIpc) is 2.67. The summed E-state index contributed by atoms with van der Waals surface area (Å²) in [7, 11) is 0. The van der Waals surface area contributed by atoms with E-state index < -0.39 is 29.6 Å². The van der Waals surface area contributed by atoms with Crippen molar-refractivity contribution in [2.24, 2.45) is 0 Å². The Bertz CT molecular complexity index is 868. The third-order valence-electron chi connectivity index (χ3n) is 4.90. The van der Waals surface area contributed by atoms with E-state index in [0.717, 1.165) is 5.56 Å². The third-order valence-corrected chi connectivity index (χ3v) is 5.64. The molecule has 10 heteroatoms. The Morgan fingerprint density at radius 1 is 0.900 bits per heavy atom. The normalized spacial score (nSPS) is 20.4. The molecule has 1 saturated heterocycles. The first-order chi connectivity index (χ1) is 13.9. The van der Waals surface area contributed by atoms with Crippen molar-refractivity contribution in [3.8, 4) is 0 Å². The highest BCUT2D eigenvalue weighted by Gasteiger charge is 2.37. The van der Waals surface area contributed by atoms with Crippen molar-refractivity contribution in [2.45, 2.75) is 37.4 Å². The second kappa shape index (κ2) is 8.94. The van der Waals surface area contributed by atoms with Gasteiger partial charge in [-0.15, -0.1) is 0 Å². The lowest BCUT2D eigenvalue weighted by molar-refractivity contribution is -0.143. The predicted molar refractivity (Wildman–Crippen MR) is 102 cm³/mol. The first kappa shape index (κ1) is 23.2. The minimum atomic E-state index is -4.90. The molecule has 0 bridgehead atoms. The summed E-state index contributed by atoms with van der Waals surface area (Å²) >= 11 is 12.0. The molecule has 0 saturated carbocycles. The van der Waals surface area contributed by atoms with Crippen LogP contribution >= 0.6 is 23.2 Å². The van der Waals surface area contributed by atoms with E-state index in [0.29, 0.717) is 41.7 Å². The van der Waals surface area contributed by atoms with Crippen molar-refractivity contribution in [3.63, 3.8) is 0 Å². The van der Waals surface area contributed by atoms with Crippen LogP contribution in [0, 0.1) is 0 Å². The van der Waals surface area contributed by atoms with E-state index in [9.17, 15) is 26.3 Å². The van der Waals surface area contributed by atoms with Gasteiger partial charge in [-0.05, 0) is 54.4 Å². The zero-order valence-corrected chi connectivity index (χ0v) is 16.9. The fourth-order valence-corrected chi connectivity index (χ4v) is 3.72. The Kier molecular flexibility index (Phi) is 6.91. The second-order valence-corrected chi connectivity index (χ2v) is 7.85. The Morgan fingerprint density at radius 3 is 2.10 bits per heavy atom. The Balaban J connectivity index is 1.82. The van der Waals surface area contributed by atoms with Crippen molar-refractivity contribution in [3.05, 3.63) is 68.7 Å². The molecule has 2 unspecified atom stereocenters. The Hall–Kier alpha value is -1.48. The highest BCUT2D eigenvalue weighted by Crippen LogP contribution is 2.37. The van der Waals surface area contributed by atoms with Crippen LogP contribution in [0.25, 0.3) is 0 Å². The summed E-state index contributed by atoms with van der Waals surface area (Å²) in [5, 5.41) is 3.93. The van der Waals surface area contributed by atoms with Crippen molar-refractivity contribution >= 4 is 23.2 Å². The van der Waals surface area contributed by atoms with Crippen molar-refractivity contribution in [1.29, 1.82) is 0 Å². The predicted octanol–water partition coefficient (Wildman–Crippen LogP) is 6.69. The molecule has 0 radical (unpaired) electrons. The van der Waals surface area contributed by atoms with Crippen molar-refractivity contribution < 1.29 is 31.1 Å². The van der Waals surface area contributed by atoms with Gasteiger partial charge in [-0.2, -0.15) is 26.3 Å². The molecule has 0 spiro atoms. The first-order valence-electron chi connectivity index (χ1n) is 9.01. The Labute approximate surface area is 179 Å². The quantitative estimate of drug-likeness (QED) is 0.501. The van der Waals surface area contributed by atoms with Crippen LogP contribution in [-0.2, 0) is 23.7 Å². The smallest absolute Gasteiger partial charge is 0.373 e. The van der Waals surface area contributed by atoms with E-state index in [2.05, 4.69) is 5.32 Å². The first-order valence-corrected chi connectivity index (χ1v) is 9.76. The van der Waals surface area contributed by atoms with Gasteiger partial charge in [-0.1, -0.05) is 29.3 Å². The molecular formula is C20H17Cl2F6NO. The average molecular weight is 472 g/mol. The minimum Gasteiger partial charge on any atom is -0.373 e. The number of hydrogen-bond acceptors (Lipinski definition) is 2. The highest BCUT2D eigenvalue weighted by molar-refractivity contribution is 6.42. The van der Waals surface area contributed by atoms with Gasteiger partial charge < -0.3 is 10.1 Å². The molecule has 1 heterocycles. The summed E-state index contributed by atoms with van der Waals surface area (Å²) in [5.74, 6) is -0.179. The van der Waals surface area contributed by atoms with Gasteiger partial charge in [0.25, 0.3) is 0 Å². The lowest BCUT2D eigenvalue weighted by atomic mass is 9.89. The highest BCUT2D eigenvalue weighted by atomic mass is 35.5. The van der Waals surface area contributed by atoms with Gasteiger partial charge in [0.05, 0.1) is 33.9 Å². The maximum atomic E-state index is 13.0. The number of halogens is 8. The molecular weight excluding hydrogens is 455 g/mol. The number of nitrogens with one attached hydrogen (secondary N) is 1. The summed E-state index contributed by atoms with van der Waals surface area (Å²) in [6.45, 7) is 0.757. The van der Waals surface area contributed by atoms with Gasteiger partial charge in [0, 0.05) is 12.5 Å². The Morgan fingerprint density at radius 2 is 1.53 bits per heavy atom. The second-order valence-electron chi connectivity index (χ2n) is 7.04. The summed E-state index contributed by atoms with van der Waals surface area (Å²) < 4.78 is 84.1. The molecule has 2 aromatic rings. The number of rotatable bonds is 4. The topological polar surface area (TPSA) is 21.3 Å². The van der Waals surface area contributed by atoms with E-state index in [1.165, 1.54) is 0 Å². The summed E-state index contributed by atoms with van der Waals surface area (Å²) in [4.78, 5) is 0. The molecule has 1 aliphatic heterocycles. The number of alkyl halides is 6. The monoisotopic (exact) mass is 471 g/mol. The van der Waals surface area contributed by atoms with E-state index in [1.54, 1.807) is 18.2 Å². The maximum Gasteiger partial charge on any atom is 0.416 e. The van der Waals surface area contributed by atoms with Crippen LogP contribution in [0.4, 0.5) is 26.3 Å². The molecule has 1 fully saturated rings. The van der Waals surface area contributed by atoms with E-state index >= 15 is 0 Å². The molecule has 164 valence electrons. The van der Waals surface area contributed by atoms with Crippen LogP contribution in [0.3, 0.4) is 0 Å². The minimum absolute atomic E-state index is 0.104. The van der Waals surface area contributed by atoms with Crippen LogP contribution < -0.4 is 5.32 Å². The SMILES string of the molecule is FC(F)(F)c1cc(COC2CCNCC2c2ccc(Cl)c(Cl)c2)cc(C(F)(F)F)c1. The number of benzene rings is 2. The fourth-order valence-electron chi connectivity index (χ4n) is 3.42. The number of piperidine rings is 1. The lowest BCUT2D eigenvalue weighted by Gasteiger charge is -2.33. The van der Waals surface area contributed by atoms with Crippen LogP contribution in [0.15, 0.2) is 36.4 Å². The van der Waals surface area contributed by atoms with Crippen LogP contribution in [0.2, 0.25) is 10.0 Å². The van der Waals surface area contributed by atoms with Gasteiger partial charge in [-0.25, -0.2) is 0 Å². The third kappa shape index (κ3) is 5.60. The van der Waals surface area contributed by atoms with Crippen LogP contribution in [0.5, 0.6) is 0 Å². The van der Waals surface area contributed by atoms with Gasteiger partial charge in [0.2, 0.25) is 0 Å². The number of hydrogen-bond donors (Lipinski definition) is 1. The summed E-state index contributed by atoms with van der Waals surface area (Å²) in [6, 6.07) is 6.56. The van der Waals surface area contributed by atoms with E-state index in [-0.39, 0.29) is 24.2 Å². The zero-order valence-electron chi connectivity index (χ0n) is 15.4.